The molecule has 0 saturated carbocycles. The standard InChI is InChI=1S/C6H2Br2I2/c7-3-1-4(9)6(8)5(10)2-3/h1-2H. The lowest BCUT2D eigenvalue weighted by Gasteiger charge is -1.99. The molecule has 0 amide bonds. The highest BCUT2D eigenvalue weighted by atomic mass is 127. The third-order valence-electron chi connectivity index (χ3n) is 0.949. The van der Waals surface area contributed by atoms with E-state index in [4.69, 9.17) is 0 Å². The lowest BCUT2D eigenvalue weighted by molar-refractivity contribution is 1.50. The Morgan fingerprint density at radius 3 is 1.80 bits per heavy atom. The molecule has 0 aliphatic rings. The van der Waals surface area contributed by atoms with Gasteiger partial charge in [0.15, 0.2) is 0 Å². The van der Waals surface area contributed by atoms with Crippen LogP contribution in [0.5, 0.6) is 0 Å². The van der Waals surface area contributed by atoms with Crippen LogP contribution < -0.4 is 0 Å². The van der Waals surface area contributed by atoms with E-state index in [0.29, 0.717) is 0 Å². The summed E-state index contributed by atoms with van der Waals surface area (Å²) in [5.74, 6) is 0. The Balaban J connectivity index is 3.31. The minimum atomic E-state index is 1.13. The molecule has 0 aliphatic heterocycles. The van der Waals surface area contributed by atoms with Crippen molar-refractivity contribution in [1.29, 1.82) is 0 Å². The molecule has 0 unspecified atom stereocenters. The summed E-state index contributed by atoms with van der Waals surface area (Å²) >= 11 is 11.5. The smallest absolute Gasteiger partial charge is 0.0443 e. The van der Waals surface area contributed by atoms with Gasteiger partial charge in [-0.2, -0.15) is 0 Å². The number of rotatable bonds is 0. The van der Waals surface area contributed by atoms with Crippen molar-refractivity contribution in [2.24, 2.45) is 0 Å². The van der Waals surface area contributed by atoms with Crippen LogP contribution in [0.4, 0.5) is 0 Å². The summed E-state index contributed by atoms with van der Waals surface area (Å²) in [6.45, 7) is 0. The molecule has 0 atom stereocenters. The molecule has 0 N–H and O–H groups in total. The van der Waals surface area contributed by atoms with Gasteiger partial charge in [0.2, 0.25) is 0 Å². The third-order valence-corrected chi connectivity index (χ3v) is 5.44. The highest BCUT2D eigenvalue weighted by molar-refractivity contribution is 14.1. The monoisotopic (exact) mass is 486 g/mol. The third kappa shape index (κ3) is 2.31. The van der Waals surface area contributed by atoms with E-state index in [-0.39, 0.29) is 0 Å². The lowest BCUT2D eigenvalue weighted by Crippen LogP contribution is -1.79. The van der Waals surface area contributed by atoms with Crippen molar-refractivity contribution in [3.8, 4) is 0 Å². The molecule has 0 nitrogen and oxygen atoms in total. The van der Waals surface area contributed by atoms with Crippen molar-refractivity contribution in [2.45, 2.75) is 0 Å². The SMILES string of the molecule is Brc1cc(I)c(Br)c(I)c1. The second kappa shape index (κ2) is 4.04. The first-order valence-electron chi connectivity index (χ1n) is 2.41. The van der Waals surface area contributed by atoms with E-state index in [0.717, 1.165) is 4.47 Å². The largest absolute Gasteiger partial charge is 0.0508 e. The zero-order chi connectivity index (χ0) is 7.72. The minimum absolute atomic E-state index is 1.13. The molecule has 0 radical (unpaired) electrons. The van der Waals surface area contributed by atoms with Crippen molar-refractivity contribution in [2.75, 3.05) is 0 Å². The van der Waals surface area contributed by atoms with Crippen LogP contribution in [0.2, 0.25) is 0 Å². The van der Waals surface area contributed by atoms with Gasteiger partial charge in [-0.1, -0.05) is 15.9 Å². The van der Waals surface area contributed by atoms with Crippen molar-refractivity contribution >= 4 is 77.0 Å². The quantitative estimate of drug-likeness (QED) is 0.289. The average molecular weight is 488 g/mol. The minimum Gasteiger partial charge on any atom is -0.0508 e. The molecule has 1 aromatic carbocycles. The Hall–Kier alpha value is 1.64. The van der Waals surface area contributed by atoms with Crippen LogP contribution in [-0.4, -0.2) is 0 Å². The van der Waals surface area contributed by atoms with Crippen molar-refractivity contribution < 1.29 is 0 Å². The van der Waals surface area contributed by atoms with Crippen LogP contribution in [0.15, 0.2) is 21.1 Å². The molecule has 1 aromatic rings. The van der Waals surface area contributed by atoms with Crippen molar-refractivity contribution in [3.63, 3.8) is 0 Å². The molecule has 0 bridgehead atoms. The average Bonchev–Trinajstić information content (AvgIpc) is 1.82. The summed E-state index contributed by atoms with van der Waals surface area (Å²) in [6, 6.07) is 4.15. The van der Waals surface area contributed by atoms with E-state index < -0.39 is 0 Å². The summed E-state index contributed by atoms with van der Waals surface area (Å²) in [5, 5.41) is 0. The fourth-order valence-corrected chi connectivity index (χ4v) is 3.84. The van der Waals surface area contributed by atoms with E-state index in [2.05, 4.69) is 89.2 Å². The molecule has 54 valence electrons. The van der Waals surface area contributed by atoms with Gasteiger partial charge in [0.05, 0.1) is 0 Å². The Morgan fingerprint density at radius 2 is 1.40 bits per heavy atom. The predicted molar refractivity (Wildman–Crippen MR) is 67.3 cm³/mol. The summed E-state index contributed by atoms with van der Waals surface area (Å²) in [5.41, 5.74) is 0. The molecule has 0 aliphatic carbocycles. The molecule has 0 saturated heterocycles. The predicted octanol–water partition coefficient (Wildman–Crippen LogP) is 4.42. The van der Waals surface area contributed by atoms with Gasteiger partial charge in [-0.15, -0.1) is 0 Å². The summed E-state index contributed by atoms with van der Waals surface area (Å²) in [7, 11) is 0. The number of halogens is 4. The maximum absolute atomic E-state index is 3.48. The van der Waals surface area contributed by atoms with E-state index in [1.165, 1.54) is 11.6 Å². The normalized spacial score (nSPS) is 10.0. The molecular formula is C6H2Br2I2. The molecule has 1 rings (SSSR count). The molecule has 10 heavy (non-hydrogen) atoms. The van der Waals surface area contributed by atoms with Gasteiger partial charge in [0, 0.05) is 16.1 Å². The fourth-order valence-electron chi connectivity index (χ4n) is 0.525. The van der Waals surface area contributed by atoms with Gasteiger partial charge in [0.1, 0.15) is 0 Å². The van der Waals surface area contributed by atoms with Crippen LogP contribution in [-0.2, 0) is 0 Å². The molecule has 0 aromatic heterocycles. The van der Waals surface area contributed by atoms with Gasteiger partial charge >= 0.3 is 0 Å². The van der Waals surface area contributed by atoms with Gasteiger partial charge in [0.25, 0.3) is 0 Å². The first-order valence-corrected chi connectivity index (χ1v) is 6.15. The Labute approximate surface area is 104 Å². The van der Waals surface area contributed by atoms with E-state index in [1.54, 1.807) is 0 Å². The first kappa shape index (κ1) is 9.73. The molecule has 0 fully saturated rings. The van der Waals surface area contributed by atoms with Crippen LogP contribution in [0, 0.1) is 7.14 Å². The van der Waals surface area contributed by atoms with E-state index in [9.17, 15) is 0 Å². The van der Waals surface area contributed by atoms with Crippen molar-refractivity contribution in [3.05, 3.63) is 28.2 Å². The zero-order valence-corrected chi connectivity index (χ0v) is 12.2. The van der Waals surface area contributed by atoms with E-state index >= 15 is 0 Å². The number of hydrogen-bond acceptors (Lipinski definition) is 0. The Kier molecular flexibility index (Phi) is 3.93. The van der Waals surface area contributed by atoms with Crippen LogP contribution in [0.1, 0.15) is 0 Å². The molecule has 4 heteroatoms. The maximum Gasteiger partial charge on any atom is 0.0443 e. The summed E-state index contributed by atoms with van der Waals surface area (Å²) in [4.78, 5) is 0. The Bertz CT molecular complexity index is 237. The lowest BCUT2D eigenvalue weighted by atomic mass is 10.4. The van der Waals surface area contributed by atoms with E-state index in [1.807, 2.05) is 0 Å². The highest BCUT2D eigenvalue weighted by Crippen LogP contribution is 2.28. The van der Waals surface area contributed by atoms with Crippen LogP contribution in [0.25, 0.3) is 0 Å². The molecular weight excluding hydrogens is 486 g/mol. The number of benzene rings is 1. The van der Waals surface area contributed by atoms with Gasteiger partial charge in [-0.3, -0.25) is 0 Å². The fraction of sp³-hybridized carbons (Fsp3) is 0. The van der Waals surface area contributed by atoms with Crippen LogP contribution in [0.3, 0.4) is 0 Å². The zero-order valence-electron chi connectivity index (χ0n) is 4.67. The van der Waals surface area contributed by atoms with Crippen molar-refractivity contribution in [1.82, 2.24) is 0 Å². The van der Waals surface area contributed by atoms with Crippen LogP contribution >= 0.6 is 77.0 Å². The molecule has 0 heterocycles. The second-order valence-corrected chi connectivity index (χ2v) is 5.72. The topological polar surface area (TPSA) is 0 Å². The maximum atomic E-state index is 3.48. The van der Waals surface area contributed by atoms with Gasteiger partial charge in [-0.05, 0) is 73.2 Å². The summed E-state index contributed by atoms with van der Waals surface area (Å²) < 4.78 is 4.77. The number of hydrogen-bond donors (Lipinski definition) is 0. The van der Waals surface area contributed by atoms with Gasteiger partial charge in [-0.25, -0.2) is 0 Å². The Morgan fingerprint density at radius 1 is 1.00 bits per heavy atom. The van der Waals surface area contributed by atoms with Gasteiger partial charge < -0.3 is 0 Å². The highest BCUT2D eigenvalue weighted by Gasteiger charge is 2.01. The first-order chi connectivity index (χ1) is 4.61. The molecule has 0 spiro atoms. The second-order valence-electron chi connectivity index (χ2n) is 1.68. The summed E-state index contributed by atoms with van der Waals surface area (Å²) in [6.07, 6.45) is 0.